The van der Waals surface area contributed by atoms with Gasteiger partial charge >= 0.3 is 10.4 Å². The van der Waals surface area contributed by atoms with Crippen LogP contribution in [0.3, 0.4) is 0 Å². The van der Waals surface area contributed by atoms with Gasteiger partial charge in [-0.15, -0.1) is 0 Å². The quantitative estimate of drug-likeness (QED) is 0.0676. The molecule has 2 aliphatic heterocycles. The second-order valence-electron chi connectivity index (χ2n) is 17.1. The van der Waals surface area contributed by atoms with Crippen LogP contribution in [0.2, 0.25) is 0 Å². The van der Waals surface area contributed by atoms with E-state index in [9.17, 15) is 8.42 Å². The van der Waals surface area contributed by atoms with Gasteiger partial charge in [-0.25, -0.2) is 8.37 Å². The standard InChI is InChI=1S/C48H80N2O6S/c1-5-9-13-15-23-41(21-11-7-3)37-53-39-47(35-49-31-29-43-25-17-19-27-45(43)33-49)55-57(51,52)56-48(36-50-32-30-44-26-18-20-28-46(44)34-50)40-54-38-42(22-12-8-4)24-16-14-10-6-2/h17-20,25-28,41-42,47-48H,5-16,21-24,29-40H2,1-4H3. The third kappa shape index (κ3) is 19.0. The molecule has 0 N–H and O–H groups in total. The van der Waals surface area contributed by atoms with Crippen molar-refractivity contribution in [2.75, 3.05) is 52.6 Å². The minimum atomic E-state index is -4.39. The maximum Gasteiger partial charge on any atom is 0.400 e. The second kappa shape index (κ2) is 27.8. The Bertz CT molecular complexity index is 1350. The van der Waals surface area contributed by atoms with Crippen molar-refractivity contribution in [2.45, 2.75) is 169 Å². The van der Waals surface area contributed by atoms with Gasteiger partial charge < -0.3 is 9.47 Å². The van der Waals surface area contributed by atoms with Crippen LogP contribution in [0.4, 0.5) is 0 Å². The first-order valence-corrected chi connectivity index (χ1v) is 24.5. The highest BCUT2D eigenvalue weighted by Gasteiger charge is 2.30. The van der Waals surface area contributed by atoms with Crippen LogP contribution < -0.4 is 0 Å². The fraction of sp³-hybridized carbons (Fsp3) is 0.750. The summed E-state index contributed by atoms with van der Waals surface area (Å²) in [6.07, 6.45) is 19.7. The van der Waals surface area contributed by atoms with Crippen molar-refractivity contribution >= 4 is 10.4 Å². The molecule has 0 amide bonds. The van der Waals surface area contributed by atoms with Crippen LogP contribution >= 0.6 is 0 Å². The van der Waals surface area contributed by atoms with Gasteiger partial charge in [-0.05, 0) is 72.6 Å². The summed E-state index contributed by atoms with van der Waals surface area (Å²) in [5.41, 5.74) is 5.30. The lowest BCUT2D eigenvalue weighted by atomic mass is 9.96. The van der Waals surface area contributed by atoms with Crippen LogP contribution in [0.1, 0.15) is 153 Å². The zero-order chi connectivity index (χ0) is 40.6. The predicted octanol–water partition coefficient (Wildman–Crippen LogP) is 10.7. The van der Waals surface area contributed by atoms with E-state index in [-0.39, 0.29) is 13.2 Å². The highest BCUT2D eigenvalue weighted by atomic mass is 32.3. The SMILES string of the molecule is CCCCCCC(CCCC)COCC(CN1CCc2ccccc2C1)OS(=O)(=O)OC(COCC(CCCC)CCCCCC)CN1CCc2ccccc2C1. The maximum absolute atomic E-state index is 14.0. The van der Waals surface area contributed by atoms with E-state index in [1.165, 1.54) is 86.5 Å². The fourth-order valence-electron chi connectivity index (χ4n) is 8.63. The van der Waals surface area contributed by atoms with E-state index < -0.39 is 22.6 Å². The number of hydrogen-bond donors (Lipinski definition) is 0. The largest absolute Gasteiger partial charge is 0.400 e. The molecular weight excluding hydrogens is 733 g/mol. The Morgan fingerprint density at radius 2 is 0.895 bits per heavy atom. The molecule has 8 nitrogen and oxygen atoms in total. The van der Waals surface area contributed by atoms with E-state index in [1.807, 2.05) is 0 Å². The molecule has 0 aliphatic carbocycles. The van der Waals surface area contributed by atoms with Crippen molar-refractivity contribution in [2.24, 2.45) is 11.8 Å². The molecule has 324 valence electrons. The third-order valence-electron chi connectivity index (χ3n) is 12.0. The van der Waals surface area contributed by atoms with Gasteiger partial charge in [-0.2, -0.15) is 8.42 Å². The normalized spacial score (nSPS) is 17.2. The fourth-order valence-corrected chi connectivity index (χ4v) is 9.58. The summed E-state index contributed by atoms with van der Waals surface area (Å²) in [5, 5.41) is 0. The lowest BCUT2D eigenvalue weighted by molar-refractivity contribution is -0.0135. The molecule has 0 radical (unpaired) electrons. The molecule has 2 aromatic carbocycles. The number of unbranched alkanes of at least 4 members (excludes halogenated alkanes) is 8. The highest BCUT2D eigenvalue weighted by molar-refractivity contribution is 7.81. The summed E-state index contributed by atoms with van der Waals surface area (Å²) in [7, 11) is -4.39. The molecule has 57 heavy (non-hydrogen) atoms. The average Bonchev–Trinajstić information content (AvgIpc) is 3.21. The topological polar surface area (TPSA) is 77.5 Å². The number of hydrogen-bond acceptors (Lipinski definition) is 8. The van der Waals surface area contributed by atoms with E-state index in [1.54, 1.807) is 0 Å². The van der Waals surface area contributed by atoms with E-state index in [0.717, 1.165) is 77.5 Å². The van der Waals surface area contributed by atoms with Gasteiger partial charge in [0.25, 0.3) is 0 Å². The van der Waals surface area contributed by atoms with Gasteiger partial charge in [-0.1, -0.05) is 153 Å². The Labute approximate surface area is 349 Å². The first-order valence-electron chi connectivity index (χ1n) is 23.2. The lowest BCUT2D eigenvalue weighted by Crippen LogP contribution is -2.43. The molecule has 4 atom stereocenters. The van der Waals surface area contributed by atoms with Crippen molar-refractivity contribution < 1.29 is 26.3 Å². The van der Waals surface area contributed by atoms with Crippen molar-refractivity contribution in [3.05, 3.63) is 70.8 Å². The molecule has 9 heteroatoms. The van der Waals surface area contributed by atoms with Crippen LogP contribution in [0.25, 0.3) is 0 Å². The monoisotopic (exact) mass is 813 g/mol. The number of benzene rings is 2. The molecule has 0 fully saturated rings. The molecule has 0 saturated carbocycles. The van der Waals surface area contributed by atoms with E-state index in [0.29, 0.717) is 38.1 Å². The van der Waals surface area contributed by atoms with Gasteiger partial charge in [0.1, 0.15) is 12.2 Å². The molecule has 2 aliphatic rings. The predicted molar refractivity (Wildman–Crippen MR) is 235 cm³/mol. The smallest absolute Gasteiger partial charge is 0.378 e. The Morgan fingerprint density at radius 3 is 1.30 bits per heavy atom. The van der Waals surface area contributed by atoms with Gasteiger partial charge in [0.15, 0.2) is 0 Å². The molecular formula is C48H80N2O6S. The second-order valence-corrected chi connectivity index (χ2v) is 18.3. The van der Waals surface area contributed by atoms with Gasteiger partial charge in [0.2, 0.25) is 0 Å². The first kappa shape index (κ1) is 47.8. The Morgan fingerprint density at radius 1 is 0.509 bits per heavy atom. The Hall–Kier alpha value is -1.85. The molecule has 0 spiro atoms. The summed E-state index contributed by atoms with van der Waals surface area (Å²) < 4.78 is 52.9. The maximum atomic E-state index is 14.0. The van der Waals surface area contributed by atoms with Crippen LogP contribution in [0, 0.1) is 11.8 Å². The highest BCUT2D eigenvalue weighted by Crippen LogP contribution is 2.24. The van der Waals surface area contributed by atoms with Crippen molar-refractivity contribution in [1.82, 2.24) is 9.80 Å². The van der Waals surface area contributed by atoms with E-state index in [2.05, 4.69) is 86.0 Å². The summed E-state index contributed by atoms with van der Waals surface area (Å²) in [4.78, 5) is 4.60. The zero-order valence-electron chi connectivity index (χ0n) is 36.5. The number of nitrogens with zero attached hydrogens (tertiary/aromatic N) is 2. The van der Waals surface area contributed by atoms with Crippen LogP contribution in [-0.4, -0.2) is 83.0 Å². The Balaban J connectivity index is 1.44. The molecule has 4 unspecified atom stereocenters. The summed E-state index contributed by atoms with van der Waals surface area (Å²) in [6.45, 7) is 14.8. The molecule has 2 heterocycles. The number of rotatable bonds is 32. The van der Waals surface area contributed by atoms with Gasteiger partial charge in [0, 0.05) is 52.5 Å². The van der Waals surface area contributed by atoms with Crippen LogP contribution in [0.15, 0.2) is 48.5 Å². The van der Waals surface area contributed by atoms with Crippen molar-refractivity contribution in [3.63, 3.8) is 0 Å². The van der Waals surface area contributed by atoms with Crippen LogP contribution in [0.5, 0.6) is 0 Å². The summed E-state index contributed by atoms with van der Waals surface area (Å²) in [6, 6.07) is 17.1. The summed E-state index contributed by atoms with van der Waals surface area (Å²) >= 11 is 0. The van der Waals surface area contributed by atoms with E-state index >= 15 is 0 Å². The molecule has 4 rings (SSSR count). The minimum absolute atomic E-state index is 0.208. The minimum Gasteiger partial charge on any atom is -0.378 e. The third-order valence-corrected chi connectivity index (χ3v) is 13.0. The van der Waals surface area contributed by atoms with Crippen molar-refractivity contribution in [1.29, 1.82) is 0 Å². The van der Waals surface area contributed by atoms with Gasteiger partial charge in [-0.3, -0.25) is 9.80 Å². The molecule has 0 saturated heterocycles. The van der Waals surface area contributed by atoms with Crippen LogP contribution in [-0.2, 0) is 54.2 Å². The number of ether oxygens (including phenoxy) is 2. The zero-order valence-corrected chi connectivity index (χ0v) is 37.3. The van der Waals surface area contributed by atoms with E-state index in [4.69, 9.17) is 17.8 Å². The van der Waals surface area contributed by atoms with Crippen molar-refractivity contribution in [3.8, 4) is 0 Å². The molecule has 0 aromatic heterocycles. The molecule has 0 bridgehead atoms. The lowest BCUT2D eigenvalue weighted by Gasteiger charge is -2.33. The van der Waals surface area contributed by atoms with Gasteiger partial charge in [0.05, 0.1) is 13.2 Å². The Kier molecular flexibility index (Phi) is 23.3. The summed E-state index contributed by atoms with van der Waals surface area (Å²) in [5.74, 6) is 0.947. The average molecular weight is 813 g/mol. The first-order chi connectivity index (χ1) is 27.8. The molecule has 2 aromatic rings. The number of fused-ring (bicyclic) bond motifs is 2.